The van der Waals surface area contributed by atoms with E-state index < -0.39 is 9.84 Å². The van der Waals surface area contributed by atoms with E-state index in [9.17, 15) is 13.2 Å². The van der Waals surface area contributed by atoms with Gasteiger partial charge in [0.25, 0.3) is 0 Å². The molecule has 0 saturated carbocycles. The van der Waals surface area contributed by atoms with E-state index in [0.29, 0.717) is 37.2 Å². The number of thioether (sulfide) groups is 1. The Morgan fingerprint density at radius 1 is 1.19 bits per heavy atom. The van der Waals surface area contributed by atoms with E-state index in [1.165, 1.54) is 30.6 Å². The highest BCUT2D eigenvalue weighted by Crippen LogP contribution is 2.34. The summed E-state index contributed by atoms with van der Waals surface area (Å²) in [6.45, 7) is 4.25. The summed E-state index contributed by atoms with van der Waals surface area (Å²) in [6.07, 6.45) is 2.38. The maximum Gasteiger partial charge on any atom is 0.228 e. The van der Waals surface area contributed by atoms with E-state index in [-0.39, 0.29) is 29.4 Å². The van der Waals surface area contributed by atoms with Gasteiger partial charge in [0, 0.05) is 37.5 Å². The molecule has 194 valence electrons. The molecule has 0 atom stereocenters. The van der Waals surface area contributed by atoms with Gasteiger partial charge in [-0.15, -0.1) is 11.8 Å². The molecule has 2 heterocycles. The zero-order chi connectivity index (χ0) is 25.5. The Labute approximate surface area is 220 Å². The van der Waals surface area contributed by atoms with Gasteiger partial charge in [0.05, 0.1) is 41.2 Å². The number of benzene rings is 2. The average Bonchev–Trinajstić information content (AvgIpc) is 3.33. The maximum absolute atomic E-state index is 13.4. The Hall–Kier alpha value is -2.18. The molecular weight excluding hydrogens is 518 g/mol. The number of nitrogens with zero attached hydrogens (tertiary/aromatic N) is 3. The van der Waals surface area contributed by atoms with Gasteiger partial charge in [-0.3, -0.25) is 14.6 Å². The fraction of sp³-hybridized carbons (Fsp3) is 0.440. The largest absolute Gasteiger partial charge is 0.497 e. The minimum absolute atomic E-state index is 0.0984. The van der Waals surface area contributed by atoms with Crippen molar-refractivity contribution in [3.63, 3.8) is 0 Å². The van der Waals surface area contributed by atoms with Crippen LogP contribution in [0.15, 0.2) is 52.3 Å². The lowest BCUT2D eigenvalue weighted by Gasteiger charge is -2.29. The van der Waals surface area contributed by atoms with Gasteiger partial charge in [-0.2, -0.15) is 0 Å². The van der Waals surface area contributed by atoms with Crippen molar-refractivity contribution in [2.45, 2.75) is 22.6 Å². The summed E-state index contributed by atoms with van der Waals surface area (Å²) in [5.74, 6) is 0.386. The van der Waals surface area contributed by atoms with Crippen molar-refractivity contribution in [3.05, 3.63) is 42.5 Å². The van der Waals surface area contributed by atoms with Gasteiger partial charge >= 0.3 is 0 Å². The molecule has 1 saturated heterocycles. The molecule has 1 aliphatic heterocycles. The lowest BCUT2D eigenvalue weighted by molar-refractivity contribution is -0.118. The van der Waals surface area contributed by atoms with Gasteiger partial charge in [-0.05, 0) is 49.1 Å². The topological polar surface area (TPSA) is 89.0 Å². The molecule has 4 rings (SSSR count). The molecule has 0 aliphatic carbocycles. The number of anilines is 1. The second-order valence-electron chi connectivity index (χ2n) is 8.40. The molecule has 0 bridgehead atoms. The van der Waals surface area contributed by atoms with Gasteiger partial charge in [-0.25, -0.2) is 13.4 Å². The van der Waals surface area contributed by atoms with Crippen LogP contribution in [0.5, 0.6) is 5.75 Å². The number of hydrogen-bond acceptors (Lipinski definition) is 9. The van der Waals surface area contributed by atoms with Crippen molar-refractivity contribution in [3.8, 4) is 5.75 Å². The smallest absolute Gasteiger partial charge is 0.228 e. The second kappa shape index (κ2) is 12.4. The fourth-order valence-electron chi connectivity index (χ4n) is 4.03. The van der Waals surface area contributed by atoms with E-state index in [2.05, 4.69) is 4.90 Å². The molecule has 0 N–H and O–H groups in total. The van der Waals surface area contributed by atoms with Gasteiger partial charge < -0.3 is 9.47 Å². The summed E-state index contributed by atoms with van der Waals surface area (Å²) in [5, 5.41) is 0.655. The molecule has 3 aromatic rings. The molecule has 11 heteroatoms. The lowest BCUT2D eigenvalue weighted by atomic mass is 10.3. The quantitative estimate of drug-likeness (QED) is 0.332. The van der Waals surface area contributed by atoms with Crippen LogP contribution in [0.1, 0.15) is 12.8 Å². The zero-order valence-corrected chi connectivity index (χ0v) is 23.0. The summed E-state index contributed by atoms with van der Waals surface area (Å²) >= 11 is 3.13. The van der Waals surface area contributed by atoms with Gasteiger partial charge in [0.1, 0.15) is 5.75 Å². The number of methoxy groups -OCH3 is 1. The Morgan fingerprint density at radius 3 is 2.64 bits per heavy atom. The molecule has 1 fully saturated rings. The highest BCUT2D eigenvalue weighted by atomic mass is 32.2. The van der Waals surface area contributed by atoms with Crippen LogP contribution in [0.25, 0.3) is 10.2 Å². The molecule has 0 radical (unpaired) electrons. The fourth-order valence-corrected chi connectivity index (χ4v) is 7.01. The molecule has 1 amide bonds. The molecule has 0 spiro atoms. The molecule has 36 heavy (non-hydrogen) atoms. The summed E-state index contributed by atoms with van der Waals surface area (Å²) in [6, 6.07) is 12.4. The van der Waals surface area contributed by atoms with Crippen LogP contribution in [0.3, 0.4) is 0 Å². The number of ether oxygens (including phenoxy) is 2. The molecule has 0 unspecified atom stereocenters. The SMILES string of the molecule is COc1ccc(S(=O)(=O)CCCC(=O)N(CCN2CCOCC2)c2nc3c(SC)cccc3s2)cc1. The highest BCUT2D eigenvalue weighted by Gasteiger charge is 2.23. The van der Waals surface area contributed by atoms with Crippen LogP contribution in [0.4, 0.5) is 5.13 Å². The zero-order valence-electron chi connectivity index (χ0n) is 20.5. The predicted molar refractivity (Wildman–Crippen MR) is 145 cm³/mol. The van der Waals surface area contributed by atoms with Crippen LogP contribution in [-0.2, 0) is 19.4 Å². The number of aromatic nitrogens is 1. The summed E-state index contributed by atoms with van der Waals surface area (Å²) in [4.78, 5) is 23.5. The first-order valence-corrected chi connectivity index (χ1v) is 15.5. The third-order valence-corrected chi connectivity index (χ3v) is 9.72. The van der Waals surface area contributed by atoms with Crippen molar-refractivity contribution in [2.24, 2.45) is 0 Å². The number of hydrogen-bond donors (Lipinski definition) is 0. The standard InChI is InChI=1S/C25H31N3O5S3/c1-32-19-8-10-20(11-9-19)36(30,31)18-4-7-23(29)28(13-12-27-14-16-33-17-15-27)25-26-24-21(34-2)5-3-6-22(24)35-25/h3,5-6,8-11H,4,7,12-18H2,1-2H3. The average molecular weight is 550 g/mol. The van der Waals surface area contributed by atoms with Crippen molar-refractivity contribution in [1.82, 2.24) is 9.88 Å². The van der Waals surface area contributed by atoms with Gasteiger partial charge in [-0.1, -0.05) is 17.4 Å². The van der Waals surface area contributed by atoms with E-state index in [1.807, 2.05) is 24.5 Å². The van der Waals surface area contributed by atoms with Crippen LogP contribution in [-0.4, -0.2) is 82.7 Å². The molecule has 1 aliphatic rings. The summed E-state index contributed by atoms with van der Waals surface area (Å²) in [7, 11) is -1.96. The van der Waals surface area contributed by atoms with Crippen LogP contribution >= 0.6 is 23.1 Å². The first-order chi connectivity index (χ1) is 17.4. The molecular formula is C25H31N3O5S3. The lowest BCUT2D eigenvalue weighted by Crippen LogP contribution is -2.43. The molecule has 8 nitrogen and oxygen atoms in total. The third kappa shape index (κ3) is 6.57. The first kappa shape index (κ1) is 26.9. The number of thiazole rings is 1. The number of carbonyl (C=O) groups is 1. The van der Waals surface area contributed by atoms with Crippen molar-refractivity contribution in [2.75, 3.05) is 63.4 Å². The normalized spacial score (nSPS) is 14.7. The second-order valence-corrected chi connectivity index (χ2v) is 12.4. The monoisotopic (exact) mass is 549 g/mol. The third-order valence-electron chi connectivity index (χ3n) is 6.09. The van der Waals surface area contributed by atoms with E-state index in [4.69, 9.17) is 14.5 Å². The number of sulfone groups is 1. The van der Waals surface area contributed by atoms with Crippen molar-refractivity contribution >= 4 is 54.2 Å². The summed E-state index contributed by atoms with van der Waals surface area (Å²) in [5.41, 5.74) is 0.899. The maximum atomic E-state index is 13.4. The Morgan fingerprint density at radius 2 is 1.94 bits per heavy atom. The minimum atomic E-state index is -3.49. The van der Waals surface area contributed by atoms with Gasteiger partial charge in [0.2, 0.25) is 5.91 Å². The predicted octanol–water partition coefficient (Wildman–Crippen LogP) is 3.95. The summed E-state index contributed by atoms with van der Waals surface area (Å²) < 4.78 is 37.1. The van der Waals surface area contributed by atoms with Gasteiger partial charge in [0.15, 0.2) is 15.0 Å². The van der Waals surface area contributed by atoms with E-state index >= 15 is 0 Å². The number of morpholine rings is 1. The number of fused-ring (bicyclic) bond motifs is 1. The number of amides is 1. The number of rotatable bonds is 11. The van der Waals surface area contributed by atoms with E-state index in [0.717, 1.165) is 28.2 Å². The Kier molecular flexibility index (Phi) is 9.24. The minimum Gasteiger partial charge on any atom is -0.497 e. The number of carbonyl (C=O) groups excluding carboxylic acids is 1. The first-order valence-electron chi connectivity index (χ1n) is 11.8. The highest BCUT2D eigenvalue weighted by molar-refractivity contribution is 7.98. The van der Waals surface area contributed by atoms with Crippen molar-refractivity contribution < 1.29 is 22.7 Å². The van der Waals surface area contributed by atoms with Crippen LogP contribution < -0.4 is 9.64 Å². The number of para-hydroxylation sites is 1. The molecule has 2 aromatic carbocycles. The Bertz CT molecular complexity index is 1270. The van der Waals surface area contributed by atoms with Crippen molar-refractivity contribution in [1.29, 1.82) is 0 Å². The van der Waals surface area contributed by atoms with Crippen LogP contribution in [0.2, 0.25) is 0 Å². The van der Waals surface area contributed by atoms with E-state index in [1.54, 1.807) is 28.8 Å². The van der Waals surface area contributed by atoms with Crippen LogP contribution in [0, 0.1) is 0 Å². The molecule has 1 aromatic heterocycles. The Balaban J connectivity index is 1.46.